The van der Waals surface area contributed by atoms with Crippen molar-refractivity contribution in [2.24, 2.45) is 23.2 Å². The van der Waals surface area contributed by atoms with Crippen molar-refractivity contribution in [1.29, 1.82) is 0 Å². The maximum Gasteiger partial charge on any atom is 0.0453 e. The second kappa shape index (κ2) is 7.53. The number of nitrogens with one attached hydrogen (secondary N) is 2. The van der Waals surface area contributed by atoms with Gasteiger partial charge in [0.2, 0.25) is 0 Å². The summed E-state index contributed by atoms with van der Waals surface area (Å²) in [4.78, 5) is 0. The van der Waals surface area contributed by atoms with E-state index in [1.54, 1.807) is 0 Å². The molecule has 0 radical (unpaired) electrons. The van der Waals surface area contributed by atoms with Gasteiger partial charge in [0.1, 0.15) is 0 Å². The zero-order chi connectivity index (χ0) is 17.3. The molecule has 0 saturated heterocycles. The molecule has 4 atom stereocenters. The maximum atomic E-state index is 6.20. The van der Waals surface area contributed by atoms with Crippen LogP contribution in [0.15, 0.2) is 18.2 Å². The standard InChI is InChI=1S/C20H30Cl2N2/c1-13-17-10-15(20(17,2)3)11-19(13)24-9-8-23-7-6-14-4-5-16(21)12-18(14)22/h4-5,12-13,15,17,19,23-24H,6-11H2,1-3H3/t13-,15+,17-,19-/m0/s1. The number of hydrogen-bond acceptors (Lipinski definition) is 2. The smallest absolute Gasteiger partial charge is 0.0453 e. The lowest BCUT2D eigenvalue weighted by Gasteiger charge is -2.62. The molecule has 3 fully saturated rings. The highest BCUT2D eigenvalue weighted by Gasteiger charge is 2.55. The Morgan fingerprint density at radius 2 is 1.92 bits per heavy atom. The topological polar surface area (TPSA) is 24.1 Å². The van der Waals surface area contributed by atoms with E-state index in [2.05, 4.69) is 31.4 Å². The van der Waals surface area contributed by atoms with E-state index in [4.69, 9.17) is 23.2 Å². The number of benzene rings is 1. The highest BCUT2D eigenvalue weighted by Crippen LogP contribution is 2.61. The van der Waals surface area contributed by atoms with Gasteiger partial charge in [0, 0.05) is 29.2 Å². The van der Waals surface area contributed by atoms with Gasteiger partial charge in [0.25, 0.3) is 0 Å². The van der Waals surface area contributed by atoms with Gasteiger partial charge < -0.3 is 10.6 Å². The first-order chi connectivity index (χ1) is 11.4. The van der Waals surface area contributed by atoms with E-state index in [1.165, 1.54) is 12.8 Å². The Morgan fingerprint density at radius 1 is 1.12 bits per heavy atom. The van der Waals surface area contributed by atoms with Crippen LogP contribution < -0.4 is 10.6 Å². The molecule has 4 heteroatoms. The number of fused-ring (bicyclic) bond motifs is 2. The van der Waals surface area contributed by atoms with Crippen LogP contribution in [0.1, 0.15) is 39.2 Å². The zero-order valence-electron chi connectivity index (χ0n) is 15.0. The van der Waals surface area contributed by atoms with Crippen LogP contribution in [0.5, 0.6) is 0 Å². The van der Waals surface area contributed by atoms with E-state index in [0.29, 0.717) is 16.5 Å². The van der Waals surface area contributed by atoms with Crippen LogP contribution in [0.25, 0.3) is 0 Å². The van der Waals surface area contributed by atoms with Crippen molar-refractivity contribution in [3.63, 3.8) is 0 Å². The van der Waals surface area contributed by atoms with Crippen LogP contribution in [0, 0.1) is 23.2 Å². The molecule has 0 unspecified atom stereocenters. The third kappa shape index (κ3) is 3.77. The molecule has 4 rings (SSSR count). The van der Waals surface area contributed by atoms with Gasteiger partial charge >= 0.3 is 0 Å². The van der Waals surface area contributed by atoms with E-state index in [1.807, 2.05) is 18.2 Å². The van der Waals surface area contributed by atoms with E-state index < -0.39 is 0 Å². The summed E-state index contributed by atoms with van der Waals surface area (Å²) in [6.07, 6.45) is 3.74. The van der Waals surface area contributed by atoms with Crippen LogP contribution in [-0.4, -0.2) is 25.7 Å². The Hall–Kier alpha value is -0.280. The van der Waals surface area contributed by atoms with Crippen molar-refractivity contribution < 1.29 is 0 Å². The van der Waals surface area contributed by atoms with Crippen LogP contribution >= 0.6 is 23.2 Å². The molecule has 0 aromatic heterocycles. The average molecular weight is 369 g/mol. The summed E-state index contributed by atoms with van der Waals surface area (Å²) in [7, 11) is 0. The summed E-state index contributed by atoms with van der Waals surface area (Å²) in [5.41, 5.74) is 1.73. The lowest BCUT2D eigenvalue weighted by atomic mass is 9.45. The van der Waals surface area contributed by atoms with Crippen LogP contribution in [-0.2, 0) is 6.42 Å². The molecule has 0 heterocycles. The molecule has 2 bridgehead atoms. The van der Waals surface area contributed by atoms with Gasteiger partial charge in [0.05, 0.1) is 0 Å². The summed E-state index contributed by atoms with van der Waals surface area (Å²) < 4.78 is 0. The molecule has 1 aromatic carbocycles. The third-order valence-electron chi connectivity index (χ3n) is 6.65. The summed E-state index contributed by atoms with van der Waals surface area (Å²) in [5.74, 6) is 2.64. The summed E-state index contributed by atoms with van der Waals surface area (Å²) >= 11 is 12.1. The average Bonchev–Trinajstić information content (AvgIpc) is 2.53. The monoisotopic (exact) mass is 368 g/mol. The van der Waals surface area contributed by atoms with Crippen LogP contribution in [0.4, 0.5) is 0 Å². The van der Waals surface area contributed by atoms with Gasteiger partial charge in [-0.1, -0.05) is 50.0 Å². The zero-order valence-corrected chi connectivity index (χ0v) is 16.6. The Balaban J connectivity index is 1.32. The fraction of sp³-hybridized carbons (Fsp3) is 0.700. The summed E-state index contributed by atoms with van der Waals surface area (Å²) in [6, 6.07) is 6.44. The lowest BCUT2D eigenvalue weighted by molar-refractivity contribution is -0.114. The predicted octanol–water partition coefficient (Wildman–Crippen LogP) is 4.79. The van der Waals surface area contributed by atoms with Gasteiger partial charge in [-0.25, -0.2) is 0 Å². The third-order valence-corrected chi connectivity index (χ3v) is 7.24. The van der Waals surface area contributed by atoms with Crippen LogP contribution in [0.3, 0.4) is 0 Å². The Bertz CT molecular complexity index is 573. The van der Waals surface area contributed by atoms with Gasteiger partial charge in [-0.2, -0.15) is 0 Å². The van der Waals surface area contributed by atoms with Crippen molar-refractivity contribution >= 4 is 23.2 Å². The van der Waals surface area contributed by atoms with Gasteiger partial charge in [-0.3, -0.25) is 0 Å². The van der Waals surface area contributed by atoms with Crippen molar-refractivity contribution in [2.75, 3.05) is 19.6 Å². The Morgan fingerprint density at radius 3 is 2.58 bits per heavy atom. The first-order valence-corrected chi connectivity index (χ1v) is 10.0. The molecule has 0 spiro atoms. The van der Waals surface area contributed by atoms with Crippen LogP contribution in [0.2, 0.25) is 10.0 Å². The molecule has 0 amide bonds. The molecule has 3 aliphatic carbocycles. The summed E-state index contributed by atoms with van der Waals surface area (Å²) in [6.45, 7) is 10.4. The van der Waals surface area contributed by atoms with Gasteiger partial charge in [-0.15, -0.1) is 0 Å². The second-order valence-electron chi connectivity index (χ2n) is 8.25. The summed E-state index contributed by atoms with van der Waals surface area (Å²) in [5, 5.41) is 8.76. The van der Waals surface area contributed by atoms with Crippen molar-refractivity contribution in [1.82, 2.24) is 10.6 Å². The van der Waals surface area contributed by atoms with Crippen molar-refractivity contribution in [2.45, 2.75) is 46.1 Å². The molecule has 24 heavy (non-hydrogen) atoms. The largest absolute Gasteiger partial charge is 0.315 e. The molecule has 2 N–H and O–H groups in total. The first-order valence-electron chi connectivity index (χ1n) is 9.27. The van der Waals surface area contributed by atoms with E-state index in [0.717, 1.165) is 54.4 Å². The highest BCUT2D eigenvalue weighted by atomic mass is 35.5. The molecular weight excluding hydrogens is 339 g/mol. The fourth-order valence-electron chi connectivity index (χ4n) is 4.84. The normalized spacial score (nSPS) is 30.9. The minimum Gasteiger partial charge on any atom is -0.315 e. The molecule has 0 aliphatic heterocycles. The van der Waals surface area contributed by atoms with E-state index in [-0.39, 0.29) is 0 Å². The Kier molecular flexibility index (Phi) is 5.81. The highest BCUT2D eigenvalue weighted by molar-refractivity contribution is 6.35. The van der Waals surface area contributed by atoms with Gasteiger partial charge in [0.15, 0.2) is 0 Å². The maximum absolute atomic E-state index is 6.20. The molecule has 134 valence electrons. The molecule has 1 aromatic rings. The second-order valence-corrected chi connectivity index (χ2v) is 9.10. The fourth-order valence-corrected chi connectivity index (χ4v) is 5.34. The minimum atomic E-state index is 0.577. The molecular formula is C20H30Cl2N2. The van der Waals surface area contributed by atoms with E-state index in [9.17, 15) is 0 Å². The number of halogens is 2. The molecule has 3 saturated carbocycles. The predicted molar refractivity (Wildman–Crippen MR) is 104 cm³/mol. The molecule has 2 nitrogen and oxygen atoms in total. The molecule has 3 aliphatic rings. The SMILES string of the molecule is C[C@@H]1[C@@H](NCCNCCc2ccc(Cl)cc2Cl)C[C@H]2C[C@@H]1C2(C)C. The quantitative estimate of drug-likeness (QED) is 0.676. The number of hydrogen-bond donors (Lipinski definition) is 2. The lowest BCUT2D eigenvalue weighted by Crippen LogP contribution is -2.60. The van der Waals surface area contributed by atoms with E-state index >= 15 is 0 Å². The van der Waals surface area contributed by atoms with Crippen molar-refractivity contribution in [3.05, 3.63) is 33.8 Å². The van der Waals surface area contributed by atoms with Crippen molar-refractivity contribution in [3.8, 4) is 0 Å². The van der Waals surface area contributed by atoms with Gasteiger partial charge in [-0.05, 0) is 66.7 Å². The minimum absolute atomic E-state index is 0.577. The Labute approximate surface area is 156 Å². The first kappa shape index (κ1) is 18.5. The number of rotatable bonds is 7.